The summed E-state index contributed by atoms with van der Waals surface area (Å²) in [4.78, 5) is 12.4. The van der Waals surface area contributed by atoms with Crippen LogP contribution in [0.2, 0.25) is 0 Å². The van der Waals surface area contributed by atoms with E-state index in [0.29, 0.717) is 6.54 Å². The van der Waals surface area contributed by atoms with Crippen LogP contribution < -0.4 is 11.1 Å². The Balaban J connectivity index is 2.37. The number of benzene rings is 1. The molecule has 1 aliphatic heterocycles. The fraction of sp³-hybridized carbons (Fsp3) is 0.300. The maximum absolute atomic E-state index is 11.4. The minimum atomic E-state index is -0.111. The molecule has 3 nitrogen and oxygen atoms in total. The molecule has 0 fully saturated rings. The number of anilines is 1. The molecule has 0 saturated heterocycles. The fourth-order valence-electron chi connectivity index (χ4n) is 1.39. The van der Waals surface area contributed by atoms with E-state index < -0.39 is 0 Å². The predicted molar refractivity (Wildman–Crippen MR) is 58.3 cm³/mol. The van der Waals surface area contributed by atoms with E-state index in [1.807, 2.05) is 25.1 Å². The monoisotopic (exact) mass is 208 g/mol. The number of hydrogen-bond donors (Lipinski definition) is 2. The molecule has 74 valence electrons. The van der Waals surface area contributed by atoms with Gasteiger partial charge < -0.3 is 11.1 Å². The summed E-state index contributed by atoms with van der Waals surface area (Å²) in [6.07, 6.45) is 0. The first-order chi connectivity index (χ1) is 6.70. The lowest BCUT2D eigenvalue weighted by Crippen LogP contribution is -2.27. The van der Waals surface area contributed by atoms with Crippen LogP contribution in [0, 0.1) is 0 Å². The van der Waals surface area contributed by atoms with Crippen molar-refractivity contribution in [3.63, 3.8) is 0 Å². The zero-order valence-electron chi connectivity index (χ0n) is 7.91. The Kier molecular flexibility index (Phi) is 2.48. The Labute approximate surface area is 87.1 Å². The highest BCUT2D eigenvalue weighted by molar-refractivity contribution is 8.14. The fourth-order valence-corrected chi connectivity index (χ4v) is 2.21. The first-order valence-electron chi connectivity index (χ1n) is 4.52. The molecule has 1 aliphatic rings. The molecule has 14 heavy (non-hydrogen) atoms. The van der Waals surface area contributed by atoms with Crippen molar-refractivity contribution in [2.24, 2.45) is 5.73 Å². The van der Waals surface area contributed by atoms with Gasteiger partial charge in [0.05, 0.1) is 6.04 Å². The zero-order chi connectivity index (χ0) is 10.1. The summed E-state index contributed by atoms with van der Waals surface area (Å²) in [5.41, 5.74) is 7.64. The van der Waals surface area contributed by atoms with Crippen LogP contribution in [-0.4, -0.2) is 11.2 Å². The van der Waals surface area contributed by atoms with Crippen molar-refractivity contribution in [2.75, 3.05) is 5.32 Å². The lowest BCUT2D eigenvalue weighted by atomic mass is 10.2. The summed E-state index contributed by atoms with van der Waals surface area (Å²) in [6, 6.07) is 5.79. The molecular formula is C10H12N2OS. The van der Waals surface area contributed by atoms with Crippen LogP contribution in [-0.2, 0) is 11.3 Å². The maximum Gasteiger partial charge on any atom is 0.215 e. The molecule has 1 aromatic rings. The predicted octanol–water partition coefficient (Wildman–Crippen LogP) is 1.58. The molecule has 0 amide bonds. The topological polar surface area (TPSA) is 55.1 Å². The molecule has 4 heteroatoms. The molecule has 0 spiro atoms. The van der Waals surface area contributed by atoms with Crippen molar-refractivity contribution < 1.29 is 4.79 Å². The van der Waals surface area contributed by atoms with E-state index in [2.05, 4.69) is 5.32 Å². The SMILES string of the molecule is CC1Nc2cc(CN)ccc2SC1=O. The van der Waals surface area contributed by atoms with Crippen molar-refractivity contribution in [1.82, 2.24) is 0 Å². The number of fused-ring (bicyclic) bond motifs is 1. The van der Waals surface area contributed by atoms with Gasteiger partial charge >= 0.3 is 0 Å². The van der Waals surface area contributed by atoms with Gasteiger partial charge in [0.15, 0.2) is 0 Å². The lowest BCUT2D eigenvalue weighted by Gasteiger charge is -2.22. The van der Waals surface area contributed by atoms with Crippen molar-refractivity contribution >= 4 is 22.6 Å². The molecule has 2 rings (SSSR count). The van der Waals surface area contributed by atoms with Gasteiger partial charge in [0.2, 0.25) is 5.12 Å². The molecule has 0 bridgehead atoms. The van der Waals surface area contributed by atoms with Gasteiger partial charge in [0.1, 0.15) is 0 Å². The van der Waals surface area contributed by atoms with Gasteiger partial charge in [-0.3, -0.25) is 4.79 Å². The van der Waals surface area contributed by atoms with Gasteiger partial charge in [0.25, 0.3) is 0 Å². The number of nitrogens with two attached hydrogens (primary N) is 1. The standard InChI is InChI=1S/C10H12N2OS/c1-6-10(13)14-9-3-2-7(5-11)4-8(9)12-6/h2-4,6,12H,5,11H2,1H3. The van der Waals surface area contributed by atoms with Crippen molar-refractivity contribution in [3.8, 4) is 0 Å². The van der Waals surface area contributed by atoms with Crippen LogP contribution in [0.15, 0.2) is 23.1 Å². The lowest BCUT2D eigenvalue weighted by molar-refractivity contribution is -0.111. The number of thioether (sulfide) groups is 1. The number of carbonyl (C=O) groups is 1. The molecule has 1 heterocycles. The van der Waals surface area contributed by atoms with E-state index in [0.717, 1.165) is 16.1 Å². The number of hydrogen-bond acceptors (Lipinski definition) is 4. The second-order valence-corrected chi connectivity index (χ2v) is 4.37. The average Bonchev–Trinajstić information content (AvgIpc) is 2.19. The molecular weight excluding hydrogens is 196 g/mol. The van der Waals surface area contributed by atoms with Gasteiger partial charge in [-0.2, -0.15) is 0 Å². The Hall–Kier alpha value is -1.00. The van der Waals surface area contributed by atoms with Crippen LogP contribution >= 0.6 is 11.8 Å². The third-order valence-corrected chi connectivity index (χ3v) is 3.35. The maximum atomic E-state index is 11.4. The molecule has 1 atom stereocenters. The molecule has 3 N–H and O–H groups in total. The summed E-state index contributed by atoms with van der Waals surface area (Å²) in [5, 5.41) is 3.32. The van der Waals surface area contributed by atoms with Gasteiger partial charge in [-0.15, -0.1) is 0 Å². The number of rotatable bonds is 1. The molecule has 1 unspecified atom stereocenters. The summed E-state index contributed by atoms with van der Waals surface area (Å²) in [6.45, 7) is 2.40. The first-order valence-corrected chi connectivity index (χ1v) is 5.33. The summed E-state index contributed by atoms with van der Waals surface area (Å²) in [5.74, 6) is 0. The van der Waals surface area contributed by atoms with Crippen molar-refractivity contribution in [1.29, 1.82) is 0 Å². The van der Waals surface area contributed by atoms with E-state index in [4.69, 9.17) is 5.73 Å². The molecule has 0 aliphatic carbocycles. The highest BCUT2D eigenvalue weighted by Crippen LogP contribution is 2.34. The van der Waals surface area contributed by atoms with E-state index in [1.165, 1.54) is 11.8 Å². The second-order valence-electron chi connectivity index (χ2n) is 3.32. The summed E-state index contributed by atoms with van der Waals surface area (Å²) >= 11 is 1.30. The summed E-state index contributed by atoms with van der Waals surface area (Å²) in [7, 11) is 0. The van der Waals surface area contributed by atoms with Crippen molar-refractivity contribution in [2.45, 2.75) is 24.4 Å². The minimum absolute atomic E-state index is 0.111. The summed E-state index contributed by atoms with van der Waals surface area (Å²) < 4.78 is 0. The molecule has 0 aromatic heterocycles. The number of carbonyl (C=O) groups excluding carboxylic acids is 1. The van der Waals surface area contributed by atoms with Gasteiger partial charge in [-0.25, -0.2) is 0 Å². The Morgan fingerprint density at radius 2 is 2.36 bits per heavy atom. The highest BCUT2D eigenvalue weighted by Gasteiger charge is 2.22. The van der Waals surface area contributed by atoms with Crippen LogP contribution in [0.3, 0.4) is 0 Å². The van der Waals surface area contributed by atoms with Gasteiger partial charge in [0, 0.05) is 17.1 Å². The molecule has 0 saturated carbocycles. The zero-order valence-corrected chi connectivity index (χ0v) is 8.73. The quantitative estimate of drug-likeness (QED) is 0.735. The van der Waals surface area contributed by atoms with Crippen LogP contribution in [0.1, 0.15) is 12.5 Å². The smallest absolute Gasteiger partial charge is 0.215 e. The Morgan fingerprint density at radius 3 is 3.07 bits per heavy atom. The third kappa shape index (κ3) is 1.63. The third-order valence-electron chi connectivity index (χ3n) is 2.22. The van der Waals surface area contributed by atoms with E-state index in [1.54, 1.807) is 0 Å². The van der Waals surface area contributed by atoms with E-state index >= 15 is 0 Å². The molecule has 0 radical (unpaired) electrons. The van der Waals surface area contributed by atoms with Crippen LogP contribution in [0.25, 0.3) is 0 Å². The number of nitrogens with one attached hydrogen (secondary N) is 1. The largest absolute Gasteiger partial charge is 0.374 e. The van der Waals surface area contributed by atoms with Gasteiger partial charge in [-0.05, 0) is 36.4 Å². The second kappa shape index (κ2) is 3.63. The van der Waals surface area contributed by atoms with Crippen LogP contribution in [0.5, 0.6) is 0 Å². The molecule has 1 aromatic carbocycles. The average molecular weight is 208 g/mol. The first kappa shape index (κ1) is 9.55. The van der Waals surface area contributed by atoms with Gasteiger partial charge in [-0.1, -0.05) is 6.07 Å². The van der Waals surface area contributed by atoms with E-state index in [9.17, 15) is 4.79 Å². The Morgan fingerprint density at radius 1 is 1.57 bits per heavy atom. The van der Waals surface area contributed by atoms with Crippen LogP contribution in [0.4, 0.5) is 5.69 Å². The highest BCUT2D eigenvalue weighted by atomic mass is 32.2. The van der Waals surface area contributed by atoms with E-state index in [-0.39, 0.29) is 11.2 Å². The minimum Gasteiger partial charge on any atom is -0.374 e. The normalized spacial score (nSPS) is 20.1. The Bertz CT molecular complexity index is 378. The van der Waals surface area contributed by atoms with Crippen molar-refractivity contribution in [3.05, 3.63) is 23.8 Å².